The standard InChI is InChI=1S/C10H18N2/c1-9(11)7-8-12-10-5-3-2-4-6-10/h7-8,10-12H,2-6H2,1H3/b8-7-,11-9?. The fourth-order valence-corrected chi connectivity index (χ4v) is 1.58. The van der Waals surface area contributed by atoms with Crippen molar-refractivity contribution in [3.63, 3.8) is 0 Å². The van der Waals surface area contributed by atoms with Gasteiger partial charge in [-0.25, -0.2) is 0 Å². The Morgan fingerprint density at radius 2 is 2.00 bits per heavy atom. The Morgan fingerprint density at radius 1 is 1.33 bits per heavy atom. The zero-order valence-electron chi connectivity index (χ0n) is 7.77. The Kier molecular flexibility index (Phi) is 3.85. The summed E-state index contributed by atoms with van der Waals surface area (Å²) in [5.41, 5.74) is 0.610. The normalized spacial score (nSPS) is 19.8. The first kappa shape index (κ1) is 9.30. The number of hydrogen-bond acceptors (Lipinski definition) is 2. The molecule has 0 atom stereocenters. The predicted octanol–water partition coefficient (Wildman–Crippen LogP) is 2.46. The molecule has 2 nitrogen and oxygen atoms in total. The van der Waals surface area contributed by atoms with E-state index in [9.17, 15) is 0 Å². The SMILES string of the molecule is CC(=N)/C=C\NC1CCCCC1. The van der Waals surface area contributed by atoms with Gasteiger partial charge in [-0.3, -0.25) is 0 Å². The maximum atomic E-state index is 7.18. The number of nitrogens with one attached hydrogen (secondary N) is 2. The minimum Gasteiger partial charge on any atom is -0.388 e. The summed E-state index contributed by atoms with van der Waals surface area (Å²) in [6.45, 7) is 1.79. The first-order valence-corrected chi connectivity index (χ1v) is 4.77. The van der Waals surface area contributed by atoms with Crippen LogP contribution >= 0.6 is 0 Å². The second kappa shape index (κ2) is 4.96. The summed E-state index contributed by atoms with van der Waals surface area (Å²) in [6, 6.07) is 0.661. The molecular weight excluding hydrogens is 148 g/mol. The summed E-state index contributed by atoms with van der Waals surface area (Å²) in [5, 5.41) is 10.5. The molecule has 0 aromatic heterocycles. The zero-order chi connectivity index (χ0) is 8.81. The van der Waals surface area contributed by atoms with Gasteiger partial charge in [0.05, 0.1) is 0 Å². The van der Waals surface area contributed by atoms with Crippen molar-refractivity contribution in [3.05, 3.63) is 12.3 Å². The van der Waals surface area contributed by atoms with Gasteiger partial charge in [0.15, 0.2) is 0 Å². The first-order valence-electron chi connectivity index (χ1n) is 4.77. The van der Waals surface area contributed by atoms with E-state index in [-0.39, 0.29) is 0 Å². The van der Waals surface area contributed by atoms with Gasteiger partial charge in [-0.05, 0) is 32.0 Å². The highest BCUT2D eigenvalue weighted by Gasteiger charge is 2.10. The molecule has 12 heavy (non-hydrogen) atoms. The molecule has 0 heterocycles. The summed E-state index contributed by atoms with van der Waals surface area (Å²) in [6.07, 6.45) is 10.4. The molecule has 0 spiro atoms. The van der Waals surface area contributed by atoms with E-state index in [0.29, 0.717) is 11.8 Å². The zero-order valence-corrected chi connectivity index (χ0v) is 7.77. The van der Waals surface area contributed by atoms with Crippen molar-refractivity contribution >= 4 is 5.71 Å². The van der Waals surface area contributed by atoms with Crippen LogP contribution in [0.4, 0.5) is 0 Å². The molecule has 2 N–H and O–H groups in total. The van der Waals surface area contributed by atoms with Crippen LogP contribution in [0.15, 0.2) is 12.3 Å². The third-order valence-corrected chi connectivity index (χ3v) is 2.27. The van der Waals surface area contributed by atoms with Gasteiger partial charge in [-0.1, -0.05) is 19.3 Å². The Hall–Kier alpha value is -0.790. The lowest BCUT2D eigenvalue weighted by Crippen LogP contribution is -2.26. The van der Waals surface area contributed by atoms with Crippen molar-refractivity contribution in [2.45, 2.75) is 45.1 Å². The van der Waals surface area contributed by atoms with Crippen LogP contribution in [-0.2, 0) is 0 Å². The molecule has 0 aromatic rings. The molecule has 0 amide bonds. The summed E-state index contributed by atoms with van der Waals surface area (Å²) < 4.78 is 0. The van der Waals surface area contributed by atoms with Crippen LogP contribution in [0.5, 0.6) is 0 Å². The molecule has 1 rings (SSSR count). The van der Waals surface area contributed by atoms with E-state index < -0.39 is 0 Å². The molecule has 1 aliphatic carbocycles. The summed E-state index contributed by atoms with van der Waals surface area (Å²) in [5.74, 6) is 0. The Labute approximate surface area is 74.6 Å². The molecule has 0 radical (unpaired) electrons. The van der Waals surface area contributed by atoms with Crippen molar-refractivity contribution in [1.29, 1.82) is 5.41 Å². The summed E-state index contributed by atoms with van der Waals surface area (Å²) >= 11 is 0. The van der Waals surface area contributed by atoms with E-state index in [1.807, 2.05) is 12.3 Å². The fraction of sp³-hybridized carbons (Fsp3) is 0.700. The van der Waals surface area contributed by atoms with Crippen molar-refractivity contribution in [3.8, 4) is 0 Å². The van der Waals surface area contributed by atoms with E-state index in [0.717, 1.165) is 0 Å². The summed E-state index contributed by atoms with van der Waals surface area (Å²) in [4.78, 5) is 0. The average Bonchev–Trinajstić information content (AvgIpc) is 2.05. The molecular formula is C10H18N2. The highest BCUT2D eigenvalue weighted by Crippen LogP contribution is 2.16. The topological polar surface area (TPSA) is 35.9 Å². The second-order valence-corrected chi connectivity index (χ2v) is 3.52. The molecule has 1 fully saturated rings. The smallest absolute Gasteiger partial charge is 0.0297 e. The van der Waals surface area contributed by atoms with Crippen molar-refractivity contribution in [2.75, 3.05) is 0 Å². The summed E-state index contributed by atoms with van der Waals surface area (Å²) in [7, 11) is 0. The van der Waals surface area contributed by atoms with Gasteiger partial charge in [0.1, 0.15) is 0 Å². The highest BCUT2D eigenvalue weighted by molar-refractivity contribution is 5.89. The van der Waals surface area contributed by atoms with Gasteiger partial charge in [-0.2, -0.15) is 0 Å². The van der Waals surface area contributed by atoms with Crippen molar-refractivity contribution in [1.82, 2.24) is 5.32 Å². The third kappa shape index (κ3) is 3.56. The van der Waals surface area contributed by atoms with Gasteiger partial charge in [-0.15, -0.1) is 0 Å². The second-order valence-electron chi connectivity index (χ2n) is 3.52. The lowest BCUT2D eigenvalue weighted by molar-refractivity contribution is 0.404. The minimum atomic E-state index is 0.610. The lowest BCUT2D eigenvalue weighted by atomic mass is 9.96. The molecule has 1 saturated carbocycles. The highest BCUT2D eigenvalue weighted by atomic mass is 14.9. The molecule has 1 aliphatic rings. The van der Waals surface area contributed by atoms with Crippen LogP contribution in [0, 0.1) is 5.41 Å². The Balaban J connectivity index is 2.17. The number of allylic oxidation sites excluding steroid dienone is 1. The van der Waals surface area contributed by atoms with Crippen LogP contribution in [0.25, 0.3) is 0 Å². The van der Waals surface area contributed by atoms with E-state index in [1.54, 1.807) is 6.92 Å². The predicted molar refractivity (Wildman–Crippen MR) is 52.5 cm³/mol. The van der Waals surface area contributed by atoms with Crippen LogP contribution < -0.4 is 5.32 Å². The molecule has 2 heteroatoms. The minimum absolute atomic E-state index is 0.610. The van der Waals surface area contributed by atoms with E-state index >= 15 is 0 Å². The van der Waals surface area contributed by atoms with Crippen LogP contribution in [0.3, 0.4) is 0 Å². The first-order chi connectivity index (χ1) is 5.79. The maximum absolute atomic E-state index is 7.18. The van der Waals surface area contributed by atoms with E-state index in [1.165, 1.54) is 32.1 Å². The van der Waals surface area contributed by atoms with Crippen LogP contribution in [-0.4, -0.2) is 11.8 Å². The van der Waals surface area contributed by atoms with Crippen molar-refractivity contribution < 1.29 is 0 Å². The van der Waals surface area contributed by atoms with Gasteiger partial charge in [0.2, 0.25) is 0 Å². The quantitative estimate of drug-likeness (QED) is 0.621. The average molecular weight is 166 g/mol. The Bertz CT molecular complexity index is 167. The molecule has 68 valence electrons. The molecule has 0 aliphatic heterocycles. The molecule has 0 unspecified atom stereocenters. The molecule has 0 bridgehead atoms. The third-order valence-electron chi connectivity index (χ3n) is 2.27. The van der Waals surface area contributed by atoms with Gasteiger partial charge in [0.25, 0.3) is 0 Å². The van der Waals surface area contributed by atoms with Crippen LogP contribution in [0.2, 0.25) is 0 Å². The largest absolute Gasteiger partial charge is 0.388 e. The number of hydrogen-bond donors (Lipinski definition) is 2. The molecule has 0 aromatic carbocycles. The van der Waals surface area contributed by atoms with Gasteiger partial charge < -0.3 is 10.7 Å². The maximum Gasteiger partial charge on any atom is 0.0297 e. The molecule has 0 saturated heterocycles. The van der Waals surface area contributed by atoms with E-state index in [2.05, 4.69) is 5.32 Å². The lowest BCUT2D eigenvalue weighted by Gasteiger charge is -2.21. The fourth-order valence-electron chi connectivity index (χ4n) is 1.58. The number of rotatable bonds is 3. The van der Waals surface area contributed by atoms with Crippen LogP contribution in [0.1, 0.15) is 39.0 Å². The monoisotopic (exact) mass is 166 g/mol. The van der Waals surface area contributed by atoms with Gasteiger partial charge >= 0.3 is 0 Å². The van der Waals surface area contributed by atoms with E-state index in [4.69, 9.17) is 5.41 Å². The Morgan fingerprint density at radius 3 is 2.58 bits per heavy atom. The van der Waals surface area contributed by atoms with Gasteiger partial charge in [0, 0.05) is 11.8 Å². The van der Waals surface area contributed by atoms with Crippen molar-refractivity contribution in [2.24, 2.45) is 0 Å².